The highest BCUT2D eigenvalue weighted by atomic mass is 79.9. The largest absolute Gasteiger partial charge is 0.320 e. The fourth-order valence-corrected chi connectivity index (χ4v) is 2.63. The molecule has 1 atom stereocenters. The van der Waals surface area contributed by atoms with Crippen molar-refractivity contribution in [3.05, 3.63) is 69.2 Å². The number of aryl methyl sites for hydroxylation is 2. The predicted molar refractivity (Wildman–Crippen MR) is 76.1 cm³/mol. The van der Waals surface area contributed by atoms with Gasteiger partial charge in [-0.15, -0.1) is 0 Å². The molecule has 0 heterocycles. The van der Waals surface area contributed by atoms with E-state index in [0.29, 0.717) is 0 Å². The average molecular weight is 290 g/mol. The zero-order chi connectivity index (χ0) is 12.4. The normalized spacial score (nSPS) is 12.5. The molecule has 88 valence electrons. The maximum Gasteiger partial charge on any atom is 0.0552 e. The molecule has 0 aliphatic rings. The third-order valence-corrected chi connectivity index (χ3v) is 3.28. The van der Waals surface area contributed by atoms with Crippen molar-refractivity contribution in [2.75, 3.05) is 0 Å². The zero-order valence-corrected chi connectivity index (χ0v) is 11.7. The van der Waals surface area contributed by atoms with Gasteiger partial charge in [0.15, 0.2) is 0 Å². The molecule has 2 rings (SSSR count). The van der Waals surface area contributed by atoms with Crippen molar-refractivity contribution in [2.45, 2.75) is 19.9 Å². The summed E-state index contributed by atoms with van der Waals surface area (Å²) in [5, 5.41) is 0. The van der Waals surface area contributed by atoms with E-state index in [9.17, 15) is 0 Å². The molecule has 0 radical (unpaired) electrons. The van der Waals surface area contributed by atoms with E-state index < -0.39 is 0 Å². The van der Waals surface area contributed by atoms with Crippen LogP contribution in [0.25, 0.3) is 0 Å². The van der Waals surface area contributed by atoms with Crippen molar-refractivity contribution in [1.29, 1.82) is 0 Å². The van der Waals surface area contributed by atoms with Crippen LogP contribution in [-0.4, -0.2) is 0 Å². The number of nitrogens with two attached hydrogens (primary N) is 1. The highest BCUT2D eigenvalue weighted by Crippen LogP contribution is 2.24. The molecular weight excluding hydrogens is 274 g/mol. The van der Waals surface area contributed by atoms with E-state index in [1.54, 1.807) is 0 Å². The van der Waals surface area contributed by atoms with Gasteiger partial charge in [0.1, 0.15) is 0 Å². The standard InChI is InChI=1S/C15H16BrN/c1-10-4-3-5-12(6-10)15(17)13-7-11(2)8-14(16)9-13/h3-9,15H,17H2,1-2H3. The van der Waals surface area contributed by atoms with Crippen LogP contribution in [0.1, 0.15) is 28.3 Å². The molecule has 17 heavy (non-hydrogen) atoms. The summed E-state index contributed by atoms with van der Waals surface area (Å²) in [6.45, 7) is 4.17. The molecule has 2 heteroatoms. The highest BCUT2D eigenvalue weighted by molar-refractivity contribution is 9.10. The van der Waals surface area contributed by atoms with Crippen molar-refractivity contribution in [3.8, 4) is 0 Å². The van der Waals surface area contributed by atoms with Gasteiger partial charge in [0.05, 0.1) is 6.04 Å². The highest BCUT2D eigenvalue weighted by Gasteiger charge is 2.09. The van der Waals surface area contributed by atoms with Gasteiger partial charge in [0.2, 0.25) is 0 Å². The van der Waals surface area contributed by atoms with E-state index in [-0.39, 0.29) is 6.04 Å². The minimum absolute atomic E-state index is 0.0638. The topological polar surface area (TPSA) is 26.0 Å². The number of rotatable bonds is 2. The Morgan fingerprint density at radius 2 is 1.65 bits per heavy atom. The molecule has 0 aromatic heterocycles. The third-order valence-electron chi connectivity index (χ3n) is 2.82. The second-order valence-electron chi connectivity index (χ2n) is 4.45. The summed E-state index contributed by atoms with van der Waals surface area (Å²) in [4.78, 5) is 0. The summed E-state index contributed by atoms with van der Waals surface area (Å²) in [7, 11) is 0. The van der Waals surface area contributed by atoms with Gasteiger partial charge in [-0.25, -0.2) is 0 Å². The van der Waals surface area contributed by atoms with E-state index >= 15 is 0 Å². The van der Waals surface area contributed by atoms with Crippen molar-refractivity contribution in [2.24, 2.45) is 5.73 Å². The van der Waals surface area contributed by atoms with Crippen LogP contribution in [0.5, 0.6) is 0 Å². The Bertz CT molecular complexity index is 514. The Kier molecular flexibility index (Phi) is 3.65. The first-order chi connectivity index (χ1) is 8.06. The van der Waals surface area contributed by atoms with Gasteiger partial charge < -0.3 is 5.73 Å². The van der Waals surface area contributed by atoms with E-state index in [2.05, 4.69) is 72.2 Å². The summed E-state index contributed by atoms with van der Waals surface area (Å²) in [5.41, 5.74) is 11.1. The summed E-state index contributed by atoms with van der Waals surface area (Å²) in [5.74, 6) is 0. The Hall–Kier alpha value is -1.12. The molecule has 0 saturated carbocycles. The first-order valence-electron chi connectivity index (χ1n) is 5.65. The average Bonchev–Trinajstić information content (AvgIpc) is 2.26. The Balaban J connectivity index is 2.39. The summed E-state index contributed by atoms with van der Waals surface area (Å²) in [6, 6.07) is 14.6. The van der Waals surface area contributed by atoms with Gasteiger partial charge in [0.25, 0.3) is 0 Å². The van der Waals surface area contributed by atoms with E-state index in [0.717, 1.165) is 15.6 Å². The van der Waals surface area contributed by atoms with Crippen LogP contribution < -0.4 is 5.73 Å². The lowest BCUT2D eigenvalue weighted by molar-refractivity contribution is 0.867. The minimum atomic E-state index is -0.0638. The molecule has 0 aliphatic heterocycles. The van der Waals surface area contributed by atoms with Gasteiger partial charge >= 0.3 is 0 Å². The molecule has 2 N–H and O–H groups in total. The van der Waals surface area contributed by atoms with Crippen LogP contribution in [0.3, 0.4) is 0 Å². The number of halogens is 1. The summed E-state index contributed by atoms with van der Waals surface area (Å²) in [6.07, 6.45) is 0. The molecular formula is C15H16BrN. The lowest BCUT2D eigenvalue weighted by Gasteiger charge is -2.14. The molecule has 0 saturated heterocycles. The quantitative estimate of drug-likeness (QED) is 0.884. The number of hydrogen-bond donors (Lipinski definition) is 1. The molecule has 0 aliphatic carbocycles. The molecule has 0 bridgehead atoms. The van der Waals surface area contributed by atoms with Crippen molar-refractivity contribution >= 4 is 15.9 Å². The number of hydrogen-bond acceptors (Lipinski definition) is 1. The maximum atomic E-state index is 6.30. The fraction of sp³-hybridized carbons (Fsp3) is 0.200. The van der Waals surface area contributed by atoms with Gasteiger partial charge in [-0.1, -0.05) is 51.8 Å². The third kappa shape index (κ3) is 2.96. The van der Waals surface area contributed by atoms with Crippen LogP contribution in [0.15, 0.2) is 46.9 Å². The van der Waals surface area contributed by atoms with Crippen LogP contribution in [0.4, 0.5) is 0 Å². The van der Waals surface area contributed by atoms with Crippen molar-refractivity contribution in [3.63, 3.8) is 0 Å². The monoisotopic (exact) mass is 289 g/mol. The number of benzene rings is 2. The van der Waals surface area contributed by atoms with Crippen LogP contribution in [0, 0.1) is 13.8 Å². The van der Waals surface area contributed by atoms with Crippen molar-refractivity contribution < 1.29 is 0 Å². The molecule has 1 unspecified atom stereocenters. The van der Waals surface area contributed by atoms with Crippen molar-refractivity contribution in [1.82, 2.24) is 0 Å². The van der Waals surface area contributed by atoms with E-state index in [4.69, 9.17) is 5.73 Å². The van der Waals surface area contributed by atoms with E-state index in [1.807, 2.05) is 0 Å². The molecule has 2 aromatic rings. The fourth-order valence-electron chi connectivity index (χ4n) is 2.00. The second kappa shape index (κ2) is 5.03. The van der Waals surface area contributed by atoms with Gasteiger partial charge in [0, 0.05) is 4.47 Å². The summed E-state index contributed by atoms with van der Waals surface area (Å²) < 4.78 is 1.08. The second-order valence-corrected chi connectivity index (χ2v) is 5.37. The van der Waals surface area contributed by atoms with Gasteiger partial charge in [-0.05, 0) is 42.7 Å². The molecule has 0 spiro atoms. The Morgan fingerprint density at radius 1 is 0.941 bits per heavy atom. The first kappa shape index (κ1) is 12.3. The lowest BCUT2D eigenvalue weighted by atomic mass is 9.97. The molecule has 1 nitrogen and oxygen atoms in total. The van der Waals surface area contributed by atoms with Crippen LogP contribution in [-0.2, 0) is 0 Å². The summed E-state index contributed by atoms with van der Waals surface area (Å²) >= 11 is 3.51. The molecule has 0 amide bonds. The predicted octanol–water partition coefficient (Wildman–Crippen LogP) is 4.11. The molecule has 2 aromatic carbocycles. The van der Waals surface area contributed by atoms with E-state index in [1.165, 1.54) is 11.1 Å². The van der Waals surface area contributed by atoms with Crippen LogP contribution in [0.2, 0.25) is 0 Å². The van der Waals surface area contributed by atoms with Gasteiger partial charge in [-0.2, -0.15) is 0 Å². The van der Waals surface area contributed by atoms with Gasteiger partial charge in [-0.3, -0.25) is 0 Å². The smallest absolute Gasteiger partial charge is 0.0552 e. The zero-order valence-electron chi connectivity index (χ0n) is 10.1. The maximum absolute atomic E-state index is 6.30. The Morgan fingerprint density at radius 3 is 2.29 bits per heavy atom. The first-order valence-corrected chi connectivity index (χ1v) is 6.45. The molecule has 0 fully saturated rings. The SMILES string of the molecule is Cc1cccc(C(N)c2cc(C)cc(Br)c2)c1. The Labute approximate surface area is 111 Å². The van der Waals surface area contributed by atoms with Crippen LogP contribution >= 0.6 is 15.9 Å². The lowest BCUT2D eigenvalue weighted by Crippen LogP contribution is -2.12. The minimum Gasteiger partial charge on any atom is -0.320 e.